The Hall–Kier alpha value is 0.510. The van der Waals surface area contributed by atoms with E-state index in [-0.39, 0.29) is 0 Å². The average Bonchev–Trinajstić information content (AvgIpc) is 2.35. The van der Waals surface area contributed by atoms with Crippen LogP contribution in [-0.4, -0.2) is 33.8 Å². The summed E-state index contributed by atoms with van der Waals surface area (Å²) in [6, 6.07) is 0. The van der Waals surface area contributed by atoms with E-state index >= 15 is 0 Å². The lowest BCUT2D eigenvalue weighted by Gasteiger charge is -2.27. The van der Waals surface area contributed by atoms with Crippen LogP contribution in [0.3, 0.4) is 0 Å². The Morgan fingerprint density at radius 1 is 1.39 bits per heavy atom. The van der Waals surface area contributed by atoms with Crippen LogP contribution < -0.4 is 0 Å². The highest BCUT2D eigenvalue weighted by Gasteiger charge is 2.27. The number of nitrogens with zero attached hydrogens (tertiary/aromatic N) is 2. The van der Waals surface area contributed by atoms with Crippen molar-refractivity contribution in [1.82, 2.24) is 9.97 Å². The first-order chi connectivity index (χ1) is 8.63. The average molecular weight is 370 g/mol. The number of halogens is 2. The van der Waals surface area contributed by atoms with E-state index < -0.39 is 0 Å². The summed E-state index contributed by atoms with van der Waals surface area (Å²) in [7, 11) is 1.65. The summed E-state index contributed by atoms with van der Waals surface area (Å²) in [5.74, 6) is 3.15. The zero-order chi connectivity index (χ0) is 13.1. The molecular formula is C11H14BrClN2OS2. The maximum absolute atomic E-state index is 6.15. The predicted molar refractivity (Wildman–Crippen MR) is 82.6 cm³/mol. The lowest BCUT2D eigenvalue weighted by Crippen LogP contribution is -2.19. The number of thioether (sulfide) groups is 2. The number of ether oxygens (including phenoxy) is 1. The summed E-state index contributed by atoms with van der Waals surface area (Å²) in [6.45, 7) is 2.66. The van der Waals surface area contributed by atoms with Crippen molar-refractivity contribution in [3.05, 3.63) is 21.1 Å². The van der Waals surface area contributed by atoms with Gasteiger partial charge in [0.25, 0.3) is 0 Å². The number of hydrogen-bond acceptors (Lipinski definition) is 5. The number of aromatic nitrogens is 2. The van der Waals surface area contributed by atoms with Crippen LogP contribution in [0.5, 0.6) is 0 Å². The maximum atomic E-state index is 6.15. The second-order valence-electron chi connectivity index (χ2n) is 3.93. The van der Waals surface area contributed by atoms with Gasteiger partial charge in [0.05, 0.1) is 22.0 Å². The van der Waals surface area contributed by atoms with Gasteiger partial charge in [-0.2, -0.15) is 11.8 Å². The van der Waals surface area contributed by atoms with Crippen LogP contribution in [0.15, 0.2) is 4.47 Å². The first-order valence-corrected chi connectivity index (χ1v) is 8.84. The smallest absolute Gasteiger partial charge is 0.147 e. The second-order valence-corrected chi connectivity index (χ2v) is 7.82. The van der Waals surface area contributed by atoms with Crippen molar-refractivity contribution < 1.29 is 4.74 Å². The highest BCUT2D eigenvalue weighted by Crippen LogP contribution is 2.42. The zero-order valence-corrected chi connectivity index (χ0v) is 14.1. The van der Waals surface area contributed by atoms with Gasteiger partial charge < -0.3 is 4.74 Å². The van der Waals surface area contributed by atoms with Crippen LogP contribution >= 0.6 is 51.1 Å². The van der Waals surface area contributed by atoms with E-state index in [1.165, 1.54) is 5.75 Å². The molecule has 0 aliphatic carbocycles. The van der Waals surface area contributed by atoms with E-state index in [1.807, 2.05) is 23.5 Å². The molecule has 1 aliphatic heterocycles. The molecule has 0 bridgehead atoms. The Labute approximate surface area is 129 Å². The SMILES string of the molecule is COCc1nc(C2SCCSC2C)nc(Cl)c1Br. The Balaban J connectivity index is 2.32. The molecule has 0 saturated carbocycles. The van der Waals surface area contributed by atoms with Crippen molar-refractivity contribution >= 4 is 51.1 Å². The molecule has 3 nitrogen and oxygen atoms in total. The van der Waals surface area contributed by atoms with Crippen molar-refractivity contribution in [2.45, 2.75) is 24.0 Å². The molecule has 2 rings (SSSR count). The van der Waals surface area contributed by atoms with Crippen molar-refractivity contribution in [3.8, 4) is 0 Å². The van der Waals surface area contributed by atoms with Crippen molar-refractivity contribution in [3.63, 3.8) is 0 Å². The van der Waals surface area contributed by atoms with E-state index in [9.17, 15) is 0 Å². The van der Waals surface area contributed by atoms with Gasteiger partial charge in [-0.15, -0.1) is 11.8 Å². The molecule has 1 aliphatic rings. The zero-order valence-electron chi connectivity index (χ0n) is 10.2. The fourth-order valence-corrected chi connectivity index (χ4v) is 4.93. The Morgan fingerprint density at radius 3 is 2.78 bits per heavy atom. The number of rotatable bonds is 3. The first kappa shape index (κ1) is 14.9. The van der Waals surface area contributed by atoms with Gasteiger partial charge in [0.1, 0.15) is 11.0 Å². The Morgan fingerprint density at radius 2 is 2.11 bits per heavy atom. The minimum atomic E-state index is 0.310. The standard InChI is InChI=1S/C11H14BrClN2OS2/c1-6-9(18-4-3-17-6)11-14-7(5-16-2)8(12)10(13)15-11/h6,9H,3-5H2,1-2H3. The molecular weight excluding hydrogens is 356 g/mol. The molecule has 1 saturated heterocycles. The Kier molecular flexibility index (Phi) is 5.63. The van der Waals surface area contributed by atoms with Crippen LogP contribution in [-0.2, 0) is 11.3 Å². The molecule has 1 fully saturated rings. The third kappa shape index (κ3) is 3.33. The third-order valence-corrected chi connectivity index (χ3v) is 7.04. The Bertz CT molecular complexity index is 436. The molecule has 100 valence electrons. The largest absolute Gasteiger partial charge is 0.378 e. The topological polar surface area (TPSA) is 35.0 Å². The van der Waals surface area contributed by atoms with Crippen molar-refractivity contribution in [2.24, 2.45) is 0 Å². The van der Waals surface area contributed by atoms with Gasteiger partial charge in [-0.1, -0.05) is 18.5 Å². The molecule has 2 unspecified atom stereocenters. The monoisotopic (exact) mass is 368 g/mol. The third-order valence-electron chi connectivity index (χ3n) is 2.62. The molecule has 0 aromatic carbocycles. The number of methoxy groups -OCH3 is 1. The lowest BCUT2D eigenvalue weighted by molar-refractivity contribution is 0.180. The maximum Gasteiger partial charge on any atom is 0.147 e. The molecule has 18 heavy (non-hydrogen) atoms. The summed E-state index contributed by atoms with van der Waals surface area (Å²) in [4.78, 5) is 9.00. The fraction of sp³-hybridized carbons (Fsp3) is 0.636. The molecule has 1 aromatic heterocycles. The van der Waals surface area contributed by atoms with Gasteiger partial charge in [0.15, 0.2) is 0 Å². The van der Waals surface area contributed by atoms with Gasteiger partial charge in [-0.3, -0.25) is 0 Å². The highest BCUT2D eigenvalue weighted by atomic mass is 79.9. The molecule has 0 spiro atoms. The predicted octanol–water partition coefficient (Wildman–Crippen LogP) is 3.95. The summed E-state index contributed by atoms with van der Waals surface area (Å²) in [5, 5.41) is 1.29. The normalized spacial score (nSPS) is 24.2. The van der Waals surface area contributed by atoms with Crippen LogP contribution in [0, 0.1) is 0 Å². The van der Waals surface area contributed by atoms with E-state index in [1.54, 1.807) is 7.11 Å². The first-order valence-electron chi connectivity index (χ1n) is 5.57. The minimum absolute atomic E-state index is 0.310. The van der Waals surface area contributed by atoms with Gasteiger partial charge in [0.2, 0.25) is 0 Å². The van der Waals surface area contributed by atoms with Crippen LogP contribution in [0.4, 0.5) is 0 Å². The van der Waals surface area contributed by atoms with Crippen molar-refractivity contribution in [2.75, 3.05) is 18.6 Å². The van der Waals surface area contributed by atoms with E-state index in [4.69, 9.17) is 16.3 Å². The quantitative estimate of drug-likeness (QED) is 0.754. The highest BCUT2D eigenvalue weighted by molar-refractivity contribution is 9.10. The molecule has 0 N–H and O–H groups in total. The van der Waals surface area contributed by atoms with Crippen LogP contribution in [0.2, 0.25) is 5.15 Å². The summed E-state index contributed by atoms with van der Waals surface area (Å²) in [5.41, 5.74) is 0.816. The van der Waals surface area contributed by atoms with Gasteiger partial charge in [0, 0.05) is 23.9 Å². The molecule has 0 amide bonds. The van der Waals surface area contributed by atoms with Gasteiger partial charge in [-0.05, 0) is 15.9 Å². The van der Waals surface area contributed by atoms with E-state index in [0.717, 1.165) is 21.7 Å². The van der Waals surface area contributed by atoms with Crippen LogP contribution in [0.1, 0.15) is 23.7 Å². The van der Waals surface area contributed by atoms with E-state index in [0.29, 0.717) is 22.3 Å². The fourth-order valence-electron chi connectivity index (χ4n) is 1.76. The van der Waals surface area contributed by atoms with E-state index in [2.05, 4.69) is 32.8 Å². The van der Waals surface area contributed by atoms with Crippen LogP contribution in [0.25, 0.3) is 0 Å². The minimum Gasteiger partial charge on any atom is -0.378 e. The van der Waals surface area contributed by atoms with Gasteiger partial charge in [-0.25, -0.2) is 9.97 Å². The summed E-state index contributed by atoms with van der Waals surface area (Å²) >= 11 is 13.4. The molecule has 0 radical (unpaired) electrons. The molecule has 2 atom stereocenters. The molecule has 1 aromatic rings. The summed E-state index contributed by atoms with van der Waals surface area (Å²) < 4.78 is 5.87. The molecule has 7 heteroatoms. The summed E-state index contributed by atoms with van der Waals surface area (Å²) in [6.07, 6.45) is 0. The molecule has 2 heterocycles. The second kappa shape index (κ2) is 6.79. The van der Waals surface area contributed by atoms with Crippen molar-refractivity contribution in [1.29, 1.82) is 0 Å². The lowest BCUT2D eigenvalue weighted by atomic mass is 10.3. The number of hydrogen-bond donors (Lipinski definition) is 0. The van der Waals surface area contributed by atoms with Gasteiger partial charge >= 0.3 is 0 Å².